The first-order chi connectivity index (χ1) is 13.6. The van der Waals surface area contributed by atoms with Crippen LogP contribution in [-0.2, 0) is 5.41 Å². The molecule has 146 valence electrons. The number of benzene rings is 3. The molecule has 5 rings (SSSR count). The first kappa shape index (κ1) is 18.8. The summed E-state index contributed by atoms with van der Waals surface area (Å²) in [4.78, 5) is 0. The van der Waals surface area contributed by atoms with Crippen molar-refractivity contribution in [1.29, 1.82) is 0 Å². The number of hydrogen-bond acceptors (Lipinski definition) is 1. The molecule has 2 aliphatic heterocycles. The quantitative estimate of drug-likeness (QED) is 0.440. The summed E-state index contributed by atoms with van der Waals surface area (Å²) in [6.45, 7) is 16.8. The Morgan fingerprint density at radius 3 is 2.28 bits per heavy atom. The van der Waals surface area contributed by atoms with E-state index < -0.39 is 8.07 Å². The van der Waals surface area contributed by atoms with E-state index in [4.69, 9.17) is 4.74 Å². The van der Waals surface area contributed by atoms with Gasteiger partial charge in [0, 0.05) is 5.41 Å². The summed E-state index contributed by atoms with van der Waals surface area (Å²) < 4.78 is 6.43. The SMILES string of the molecule is Cc1ccc2c(c1)B1c3ccc([Si](C)(C)C)cc3C(C)(C)c3c(C)ccc(c31)O2. The normalized spacial score (nSPS) is 15.9. The van der Waals surface area contributed by atoms with Crippen LogP contribution in [0.15, 0.2) is 48.5 Å². The van der Waals surface area contributed by atoms with Gasteiger partial charge >= 0.3 is 0 Å². The molecule has 0 bridgehead atoms. The highest BCUT2D eigenvalue weighted by atomic mass is 28.3. The van der Waals surface area contributed by atoms with Crippen LogP contribution >= 0.6 is 0 Å². The second kappa shape index (κ2) is 5.89. The molecule has 0 atom stereocenters. The molecule has 3 aromatic rings. The Bertz CT molecular complexity index is 1170. The van der Waals surface area contributed by atoms with E-state index in [-0.39, 0.29) is 12.1 Å². The van der Waals surface area contributed by atoms with Crippen molar-refractivity contribution in [2.45, 2.75) is 52.8 Å². The zero-order valence-corrected chi connectivity index (χ0v) is 19.6. The van der Waals surface area contributed by atoms with Gasteiger partial charge in [-0.05, 0) is 53.6 Å². The molecular weight excluding hydrogens is 367 g/mol. The average Bonchev–Trinajstić information content (AvgIpc) is 2.64. The van der Waals surface area contributed by atoms with Crippen molar-refractivity contribution in [2.75, 3.05) is 0 Å². The Balaban J connectivity index is 1.89. The van der Waals surface area contributed by atoms with Crippen LogP contribution < -0.4 is 26.3 Å². The van der Waals surface area contributed by atoms with Gasteiger partial charge in [-0.2, -0.15) is 0 Å². The molecule has 3 aromatic carbocycles. The summed E-state index contributed by atoms with van der Waals surface area (Å²) >= 11 is 0. The summed E-state index contributed by atoms with van der Waals surface area (Å²) in [5.74, 6) is 2.03. The predicted molar refractivity (Wildman–Crippen MR) is 129 cm³/mol. The van der Waals surface area contributed by atoms with Crippen molar-refractivity contribution in [3.63, 3.8) is 0 Å². The van der Waals surface area contributed by atoms with Gasteiger partial charge in [0.1, 0.15) is 11.5 Å². The molecule has 0 saturated carbocycles. The topological polar surface area (TPSA) is 9.23 Å². The maximum Gasteiger partial charge on any atom is 0.251 e. The number of aryl methyl sites for hydroxylation is 2. The molecule has 0 aromatic heterocycles. The molecule has 3 heteroatoms. The molecule has 0 fully saturated rings. The number of ether oxygens (including phenoxy) is 1. The van der Waals surface area contributed by atoms with Gasteiger partial charge in [0.25, 0.3) is 6.71 Å². The standard InChI is InChI=1S/C26H29BOSi/c1-16-8-12-22-21(14-16)27-20-11-10-18(29(5,6)7)15-19(20)26(3,4)24-17(2)9-13-23(28-22)25(24)27/h8-15H,1-7H3. The van der Waals surface area contributed by atoms with Crippen molar-refractivity contribution >= 4 is 36.4 Å². The van der Waals surface area contributed by atoms with Crippen molar-refractivity contribution in [3.8, 4) is 11.5 Å². The van der Waals surface area contributed by atoms with E-state index in [0.717, 1.165) is 11.5 Å². The van der Waals surface area contributed by atoms with E-state index in [0.29, 0.717) is 0 Å². The Kier molecular flexibility index (Phi) is 3.81. The van der Waals surface area contributed by atoms with Gasteiger partial charge in [-0.3, -0.25) is 0 Å². The lowest BCUT2D eigenvalue weighted by molar-refractivity contribution is 0.484. The summed E-state index contributed by atoms with van der Waals surface area (Å²) in [5.41, 5.74) is 9.69. The fourth-order valence-corrected chi connectivity index (χ4v) is 6.61. The molecule has 0 saturated heterocycles. The predicted octanol–water partition coefficient (Wildman–Crippen LogP) is 4.11. The minimum atomic E-state index is -1.39. The Hall–Kier alpha value is -2.26. The molecule has 29 heavy (non-hydrogen) atoms. The molecule has 0 unspecified atom stereocenters. The summed E-state index contributed by atoms with van der Waals surface area (Å²) in [6, 6.07) is 18.4. The van der Waals surface area contributed by atoms with E-state index in [2.05, 4.69) is 95.9 Å². The molecule has 0 amide bonds. The van der Waals surface area contributed by atoms with Gasteiger partial charge in [0.05, 0.1) is 8.07 Å². The van der Waals surface area contributed by atoms with Crippen LogP contribution in [0.25, 0.3) is 0 Å². The molecule has 1 nitrogen and oxygen atoms in total. The van der Waals surface area contributed by atoms with E-state index in [9.17, 15) is 0 Å². The van der Waals surface area contributed by atoms with Crippen LogP contribution in [0.4, 0.5) is 0 Å². The highest BCUT2D eigenvalue weighted by Crippen LogP contribution is 2.39. The average molecular weight is 396 g/mol. The lowest BCUT2D eigenvalue weighted by atomic mass is 9.30. The van der Waals surface area contributed by atoms with Crippen LogP contribution in [-0.4, -0.2) is 14.8 Å². The van der Waals surface area contributed by atoms with Gasteiger partial charge in [-0.15, -0.1) is 0 Å². The zero-order valence-electron chi connectivity index (χ0n) is 18.6. The van der Waals surface area contributed by atoms with E-state index in [1.807, 2.05) is 0 Å². The highest BCUT2D eigenvalue weighted by Gasteiger charge is 2.45. The summed E-state index contributed by atoms with van der Waals surface area (Å²) in [7, 11) is -1.39. The van der Waals surface area contributed by atoms with Crippen LogP contribution in [0.1, 0.15) is 36.1 Å². The number of rotatable bonds is 1. The van der Waals surface area contributed by atoms with Gasteiger partial charge < -0.3 is 4.74 Å². The number of hydrogen-bond donors (Lipinski definition) is 0. The van der Waals surface area contributed by atoms with E-state index in [1.54, 1.807) is 0 Å². The van der Waals surface area contributed by atoms with Crippen molar-refractivity contribution in [1.82, 2.24) is 0 Å². The molecule has 0 radical (unpaired) electrons. The fourth-order valence-electron chi connectivity index (χ4n) is 5.45. The van der Waals surface area contributed by atoms with E-state index >= 15 is 0 Å². The third-order valence-electron chi connectivity index (χ3n) is 6.93. The molecule has 2 aliphatic rings. The monoisotopic (exact) mass is 396 g/mol. The summed E-state index contributed by atoms with van der Waals surface area (Å²) in [6.07, 6.45) is 0. The van der Waals surface area contributed by atoms with Gasteiger partial charge in [-0.1, -0.05) is 86.1 Å². The van der Waals surface area contributed by atoms with Crippen molar-refractivity contribution < 1.29 is 4.74 Å². The molecule has 0 N–H and O–H groups in total. The van der Waals surface area contributed by atoms with Crippen LogP contribution in [0, 0.1) is 13.8 Å². The molecule has 0 aliphatic carbocycles. The Morgan fingerprint density at radius 1 is 0.828 bits per heavy atom. The second-order valence-electron chi connectivity index (χ2n) is 10.4. The fraction of sp³-hybridized carbons (Fsp3) is 0.308. The van der Waals surface area contributed by atoms with Crippen LogP contribution in [0.3, 0.4) is 0 Å². The maximum atomic E-state index is 6.43. The maximum absolute atomic E-state index is 6.43. The number of fused-ring (bicyclic) bond motifs is 4. The largest absolute Gasteiger partial charge is 0.458 e. The minimum absolute atomic E-state index is 0.0401. The molecular formula is C26H29BOSi. The molecule has 0 spiro atoms. The molecule has 2 heterocycles. The highest BCUT2D eigenvalue weighted by molar-refractivity contribution is 6.98. The lowest BCUT2D eigenvalue weighted by Crippen LogP contribution is -2.63. The third-order valence-corrected chi connectivity index (χ3v) is 8.97. The Labute approximate surface area is 176 Å². The lowest BCUT2D eigenvalue weighted by Gasteiger charge is -2.43. The second-order valence-corrected chi connectivity index (χ2v) is 15.5. The van der Waals surface area contributed by atoms with E-state index in [1.165, 1.54) is 43.8 Å². The van der Waals surface area contributed by atoms with Crippen LogP contribution in [0.2, 0.25) is 19.6 Å². The zero-order chi connectivity index (χ0) is 20.7. The van der Waals surface area contributed by atoms with Crippen molar-refractivity contribution in [2.24, 2.45) is 0 Å². The van der Waals surface area contributed by atoms with Gasteiger partial charge in [0.2, 0.25) is 0 Å². The Morgan fingerprint density at radius 2 is 1.55 bits per heavy atom. The van der Waals surface area contributed by atoms with Crippen molar-refractivity contribution in [3.05, 3.63) is 70.8 Å². The summed E-state index contributed by atoms with van der Waals surface area (Å²) in [5, 5.41) is 1.54. The van der Waals surface area contributed by atoms with Gasteiger partial charge in [-0.25, -0.2) is 0 Å². The first-order valence-corrected chi connectivity index (χ1v) is 14.2. The smallest absolute Gasteiger partial charge is 0.251 e. The first-order valence-electron chi connectivity index (χ1n) is 10.7. The minimum Gasteiger partial charge on any atom is -0.458 e. The van der Waals surface area contributed by atoms with Gasteiger partial charge in [0.15, 0.2) is 0 Å². The third kappa shape index (κ3) is 2.60. The van der Waals surface area contributed by atoms with Crippen LogP contribution in [0.5, 0.6) is 11.5 Å².